The van der Waals surface area contributed by atoms with Crippen molar-refractivity contribution in [3.8, 4) is 0 Å². The summed E-state index contributed by atoms with van der Waals surface area (Å²) in [6.07, 6.45) is 1.58. The zero-order valence-electron chi connectivity index (χ0n) is 7.78. The SMILES string of the molecule is O=c1c2cc(Br)ccc2ncn1CCBr. The van der Waals surface area contributed by atoms with Crippen LogP contribution in [0, 0.1) is 0 Å². The van der Waals surface area contributed by atoms with Crippen LogP contribution < -0.4 is 5.56 Å². The third-order valence-corrected chi connectivity index (χ3v) is 2.96. The van der Waals surface area contributed by atoms with Crippen molar-refractivity contribution in [1.82, 2.24) is 9.55 Å². The van der Waals surface area contributed by atoms with E-state index in [4.69, 9.17) is 0 Å². The van der Waals surface area contributed by atoms with E-state index in [0.717, 1.165) is 15.3 Å². The highest BCUT2D eigenvalue weighted by molar-refractivity contribution is 9.10. The van der Waals surface area contributed by atoms with E-state index in [-0.39, 0.29) is 5.56 Å². The lowest BCUT2D eigenvalue weighted by molar-refractivity contribution is 0.728. The van der Waals surface area contributed by atoms with Gasteiger partial charge in [0.15, 0.2) is 0 Å². The summed E-state index contributed by atoms with van der Waals surface area (Å²) >= 11 is 6.65. The van der Waals surface area contributed by atoms with Crippen molar-refractivity contribution in [2.45, 2.75) is 6.54 Å². The maximum absolute atomic E-state index is 12.0. The minimum Gasteiger partial charge on any atom is -0.298 e. The van der Waals surface area contributed by atoms with Gasteiger partial charge in [0.05, 0.1) is 17.2 Å². The highest BCUT2D eigenvalue weighted by Crippen LogP contribution is 2.14. The van der Waals surface area contributed by atoms with E-state index in [2.05, 4.69) is 36.8 Å². The summed E-state index contributed by atoms with van der Waals surface area (Å²) in [5.41, 5.74) is 0.731. The molecule has 0 spiro atoms. The molecule has 0 N–H and O–H groups in total. The first-order valence-electron chi connectivity index (χ1n) is 4.43. The highest BCUT2D eigenvalue weighted by Gasteiger charge is 2.03. The minimum atomic E-state index is 0.000694. The van der Waals surface area contributed by atoms with Crippen molar-refractivity contribution in [1.29, 1.82) is 0 Å². The van der Waals surface area contributed by atoms with E-state index in [1.807, 2.05) is 12.1 Å². The Morgan fingerprint density at radius 1 is 1.40 bits per heavy atom. The molecular formula is C10H8Br2N2O. The number of nitrogens with zero attached hydrogens (tertiary/aromatic N) is 2. The fraction of sp³-hybridized carbons (Fsp3) is 0.200. The fourth-order valence-corrected chi connectivity index (χ4v) is 2.12. The van der Waals surface area contributed by atoms with Crippen LogP contribution in [0.4, 0.5) is 0 Å². The van der Waals surface area contributed by atoms with Gasteiger partial charge in [0.1, 0.15) is 0 Å². The molecule has 0 fully saturated rings. The van der Waals surface area contributed by atoms with Crippen molar-refractivity contribution in [3.05, 3.63) is 39.4 Å². The van der Waals surface area contributed by atoms with Crippen LogP contribution in [0.5, 0.6) is 0 Å². The second-order valence-electron chi connectivity index (χ2n) is 3.09. The standard InChI is InChI=1S/C10H8Br2N2O/c11-3-4-14-6-13-9-2-1-7(12)5-8(9)10(14)15/h1-2,5-6H,3-4H2. The van der Waals surface area contributed by atoms with Crippen LogP contribution in [0.2, 0.25) is 0 Å². The van der Waals surface area contributed by atoms with Crippen molar-refractivity contribution in [3.63, 3.8) is 0 Å². The van der Waals surface area contributed by atoms with E-state index in [0.29, 0.717) is 11.9 Å². The quantitative estimate of drug-likeness (QED) is 0.793. The Kier molecular flexibility index (Phi) is 3.21. The van der Waals surface area contributed by atoms with Gasteiger partial charge in [-0.2, -0.15) is 0 Å². The number of hydrogen-bond acceptors (Lipinski definition) is 2. The molecule has 0 saturated carbocycles. The molecule has 1 aromatic carbocycles. The third-order valence-electron chi connectivity index (χ3n) is 2.11. The molecule has 15 heavy (non-hydrogen) atoms. The van der Waals surface area contributed by atoms with Crippen molar-refractivity contribution < 1.29 is 0 Å². The Bertz CT molecular complexity index is 551. The summed E-state index contributed by atoms with van der Waals surface area (Å²) in [5.74, 6) is 0. The molecule has 0 radical (unpaired) electrons. The predicted octanol–water partition coefficient (Wildman–Crippen LogP) is 2.55. The summed E-state index contributed by atoms with van der Waals surface area (Å²) in [6.45, 7) is 0.633. The predicted molar refractivity (Wildman–Crippen MR) is 67.5 cm³/mol. The number of fused-ring (bicyclic) bond motifs is 1. The Morgan fingerprint density at radius 3 is 2.93 bits per heavy atom. The molecule has 1 aromatic heterocycles. The number of benzene rings is 1. The van der Waals surface area contributed by atoms with Gasteiger partial charge < -0.3 is 0 Å². The van der Waals surface area contributed by atoms with Crippen LogP contribution >= 0.6 is 31.9 Å². The van der Waals surface area contributed by atoms with Gasteiger partial charge in [0.25, 0.3) is 5.56 Å². The average molecular weight is 332 g/mol. The average Bonchev–Trinajstić information content (AvgIpc) is 2.23. The summed E-state index contributed by atoms with van der Waals surface area (Å²) < 4.78 is 2.49. The fourth-order valence-electron chi connectivity index (χ4n) is 1.38. The monoisotopic (exact) mass is 330 g/mol. The number of aromatic nitrogens is 2. The molecule has 0 aliphatic heterocycles. The van der Waals surface area contributed by atoms with Gasteiger partial charge in [-0.1, -0.05) is 31.9 Å². The van der Waals surface area contributed by atoms with Crippen LogP contribution in [0.3, 0.4) is 0 Å². The van der Waals surface area contributed by atoms with E-state index in [1.54, 1.807) is 17.0 Å². The molecule has 0 bridgehead atoms. The lowest BCUT2D eigenvalue weighted by Gasteiger charge is -2.04. The summed E-state index contributed by atoms with van der Waals surface area (Å²) in [6, 6.07) is 5.51. The van der Waals surface area contributed by atoms with Gasteiger partial charge in [0.2, 0.25) is 0 Å². The molecule has 0 aliphatic carbocycles. The van der Waals surface area contributed by atoms with Gasteiger partial charge >= 0.3 is 0 Å². The Hall–Kier alpha value is -0.680. The number of hydrogen-bond donors (Lipinski definition) is 0. The number of halogens is 2. The van der Waals surface area contributed by atoms with E-state index in [1.165, 1.54) is 0 Å². The molecule has 0 saturated heterocycles. The zero-order chi connectivity index (χ0) is 10.8. The minimum absolute atomic E-state index is 0.000694. The molecule has 3 nitrogen and oxygen atoms in total. The molecular weight excluding hydrogens is 324 g/mol. The van der Waals surface area contributed by atoms with Gasteiger partial charge in [-0.25, -0.2) is 4.98 Å². The number of alkyl halides is 1. The first-order chi connectivity index (χ1) is 7.22. The van der Waals surface area contributed by atoms with Crippen molar-refractivity contribution in [2.24, 2.45) is 0 Å². The number of rotatable bonds is 2. The lowest BCUT2D eigenvalue weighted by Crippen LogP contribution is -2.21. The third kappa shape index (κ3) is 2.13. The molecule has 0 amide bonds. The van der Waals surface area contributed by atoms with Crippen LogP contribution in [0.15, 0.2) is 33.8 Å². The Morgan fingerprint density at radius 2 is 2.20 bits per heavy atom. The van der Waals surface area contributed by atoms with Crippen molar-refractivity contribution in [2.75, 3.05) is 5.33 Å². The maximum Gasteiger partial charge on any atom is 0.261 e. The smallest absolute Gasteiger partial charge is 0.261 e. The topological polar surface area (TPSA) is 34.9 Å². The van der Waals surface area contributed by atoms with Crippen LogP contribution in [0.25, 0.3) is 10.9 Å². The normalized spacial score (nSPS) is 10.8. The molecule has 2 rings (SSSR count). The first kappa shape index (κ1) is 10.8. The molecule has 0 unspecified atom stereocenters. The first-order valence-corrected chi connectivity index (χ1v) is 6.34. The highest BCUT2D eigenvalue weighted by atomic mass is 79.9. The molecule has 1 heterocycles. The molecule has 78 valence electrons. The second kappa shape index (κ2) is 4.45. The largest absolute Gasteiger partial charge is 0.298 e. The molecule has 0 atom stereocenters. The van der Waals surface area contributed by atoms with Crippen LogP contribution in [-0.4, -0.2) is 14.9 Å². The second-order valence-corrected chi connectivity index (χ2v) is 4.80. The molecule has 2 aromatic rings. The maximum atomic E-state index is 12.0. The number of aryl methyl sites for hydroxylation is 1. The van der Waals surface area contributed by atoms with E-state index >= 15 is 0 Å². The summed E-state index contributed by atoms with van der Waals surface area (Å²) in [4.78, 5) is 16.2. The Balaban J connectivity index is 2.71. The van der Waals surface area contributed by atoms with E-state index < -0.39 is 0 Å². The van der Waals surface area contributed by atoms with Crippen LogP contribution in [0.1, 0.15) is 0 Å². The molecule has 0 aliphatic rings. The zero-order valence-corrected chi connectivity index (χ0v) is 11.0. The van der Waals surface area contributed by atoms with Gasteiger partial charge in [-0.15, -0.1) is 0 Å². The van der Waals surface area contributed by atoms with Crippen LogP contribution in [-0.2, 0) is 6.54 Å². The lowest BCUT2D eigenvalue weighted by atomic mass is 10.2. The van der Waals surface area contributed by atoms with E-state index in [9.17, 15) is 4.79 Å². The van der Waals surface area contributed by atoms with Gasteiger partial charge in [0, 0.05) is 16.3 Å². The van der Waals surface area contributed by atoms with Gasteiger partial charge in [-0.05, 0) is 18.2 Å². The van der Waals surface area contributed by atoms with Gasteiger partial charge in [-0.3, -0.25) is 9.36 Å². The summed E-state index contributed by atoms with van der Waals surface area (Å²) in [7, 11) is 0. The molecule has 5 heteroatoms. The Labute approximate surface area is 103 Å². The van der Waals surface area contributed by atoms with Crippen molar-refractivity contribution >= 4 is 42.8 Å². The summed E-state index contributed by atoms with van der Waals surface area (Å²) in [5, 5.41) is 1.39.